The van der Waals surface area contributed by atoms with E-state index in [9.17, 15) is 0 Å². The standard InChI is InChI=1S/C10H15N3/c1-8(11)3-2-4-9-5-10(12)7-13-6-9/h2,4-8H,3,11-12H2,1H3. The van der Waals surface area contributed by atoms with Crippen LogP contribution in [0, 0.1) is 0 Å². The molecule has 0 radical (unpaired) electrons. The minimum absolute atomic E-state index is 0.199. The number of anilines is 1. The van der Waals surface area contributed by atoms with Crippen molar-refractivity contribution in [1.82, 2.24) is 4.98 Å². The lowest BCUT2D eigenvalue weighted by Gasteiger charge is -1.98. The summed E-state index contributed by atoms with van der Waals surface area (Å²) in [5.74, 6) is 0. The second-order valence-corrected chi connectivity index (χ2v) is 3.17. The zero-order valence-electron chi connectivity index (χ0n) is 7.77. The van der Waals surface area contributed by atoms with Crippen molar-refractivity contribution in [2.45, 2.75) is 19.4 Å². The molecule has 0 aliphatic carbocycles. The van der Waals surface area contributed by atoms with Gasteiger partial charge in [-0.1, -0.05) is 12.2 Å². The van der Waals surface area contributed by atoms with Crippen LogP contribution in [0.15, 0.2) is 24.5 Å². The van der Waals surface area contributed by atoms with Gasteiger partial charge in [-0.05, 0) is 25.0 Å². The van der Waals surface area contributed by atoms with Crippen LogP contribution in [0.2, 0.25) is 0 Å². The van der Waals surface area contributed by atoms with Crippen LogP contribution in [0.3, 0.4) is 0 Å². The average molecular weight is 177 g/mol. The van der Waals surface area contributed by atoms with Crippen molar-refractivity contribution >= 4 is 11.8 Å². The molecule has 0 saturated carbocycles. The Morgan fingerprint density at radius 2 is 2.31 bits per heavy atom. The van der Waals surface area contributed by atoms with Gasteiger partial charge < -0.3 is 11.5 Å². The van der Waals surface area contributed by atoms with Crippen LogP contribution < -0.4 is 11.5 Å². The van der Waals surface area contributed by atoms with Gasteiger partial charge in [0.15, 0.2) is 0 Å². The number of rotatable bonds is 3. The van der Waals surface area contributed by atoms with Crippen molar-refractivity contribution < 1.29 is 0 Å². The molecule has 1 rings (SSSR count). The number of nitrogen functional groups attached to an aromatic ring is 1. The van der Waals surface area contributed by atoms with Crippen LogP contribution in [-0.2, 0) is 0 Å². The number of nitrogens with zero attached hydrogens (tertiary/aromatic N) is 1. The Hall–Kier alpha value is -1.35. The van der Waals surface area contributed by atoms with Crippen LogP contribution in [-0.4, -0.2) is 11.0 Å². The molecule has 1 heterocycles. The lowest BCUT2D eigenvalue weighted by molar-refractivity contribution is 0.759. The SMILES string of the molecule is CC(N)CC=Cc1cncc(N)c1. The van der Waals surface area contributed by atoms with Gasteiger partial charge >= 0.3 is 0 Å². The van der Waals surface area contributed by atoms with Gasteiger partial charge in [-0.3, -0.25) is 4.98 Å². The van der Waals surface area contributed by atoms with Crippen LogP contribution in [0.4, 0.5) is 5.69 Å². The van der Waals surface area contributed by atoms with Crippen molar-refractivity contribution in [2.75, 3.05) is 5.73 Å². The molecule has 3 nitrogen and oxygen atoms in total. The van der Waals surface area contributed by atoms with E-state index in [0.29, 0.717) is 5.69 Å². The molecular weight excluding hydrogens is 162 g/mol. The largest absolute Gasteiger partial charge is 0.397 e. The number of hydrogen-bond acceptors (Lipinski definition) is 3. The third-order valence-electron chi connectivity index (χ3n) is 1.60. The van der Waals surface area contributed by atoms with Crippen LogP contribution >= 0.6 is 0 Å². The molecule has 0 amide bonds. The van der Waals surface area contributed by atoms with E-state index in [-0.39, 0.29) is 6.04 Å². The summed E-state index contributed by atoms with van der Waals surface area (Å²) in [6.45, 7) is 1.97. The van der Waals surface area contributed by atoms with Crippen molar-refractivity contribution in [3.05, 3.63) is 30.1 Å². The summed E-state index contributed by atoms with van der Waals surface area (Å²) in [5, 5.41) is 0. The Morgan fingerprint density at radius 1 is 1.54 bits per heavy atom. The van der Waals surface area contributed by atoms with Crippen LogP contribution in [0.25, 0.3) is 6.08 Å². The van der Waals surface area contributed by atoms with Crippen molar-refractivity contribution in [3.63, 3.8) is 0 Å². The second kappa shape index (κ2) is 4.62. The summed E-state index contributed by atoms with van der Waals surface area (Å²) in [4.78, 5) is 3.97. The molecule has 0 spiro atoms. The summed E-state index contributed by atoms with van der Waals surface area (Å²) < 4.78 is 0. The van der Waals surface area contributed by atoms with Gasteiger partial charge in [0, 0.05) is 18.4 Å². The highest BCUT2D eigenvalue weighted by Gasteiger charge is 1.90. The number of hydrogen-bond donors (Lipinski definition) is 2. The average Bonchev–Trinajstić information content (AvgIpc) is 2.03. The minimum atomic E-state index is 0.199. The number of nitrogens with two attached hydrogens (primary N) is 2. The first-order valence-corrected chi connectivity index (χ1v) is 4.31. The third-order valence-corrected chi connectivity index (χ3v) is 1.60. The maximum absolute atomic E-state index is 5.59. The smallest absolute Gasteiger partial charge is 0.0506 e. The maximum atomic E-state index is 5.59. The van der Waals surface area contributed by atoms with E-state index in [2.05, 4.69) is 4.98 Å². The van der Waals surface area contributed by atoms with E-state index in [4.69, 9.17) is 11.5 Å². The number of aromatic nitrogens is 1. The first-order valence-electron chi connectivity index (χ1n) is 4.31. The molecule has 3 heteroatoms. The van der Waals surface area contributed by atoms with Crippen LogP contribution in [0.1, 0.15) is 18.9 Å². The molecule has 1 aromatic heterocycles. The molecule has 1 unspecified atom stereocenters. The molecule has 0 aliphatic heterocycles. The van der Waals surface area contributed by atoms with Gasteiger partial charge in [0.25, 0.3) is 0 Å². The Labute approximate surface area is 78.5 Å². The molecule has 0 saturated heterocycles. The molecule has 13 heavy (non-hydrogen) atoms. The fourth-order valence-corrected chi connectivity index (χ4v) is 0.986. The van der Waals surface area contributed by atoms with E-state index < -0.39 is 0 Å². The predicted octanol–water partition coefficient (Wildman–Crippen LogP) is 1.41. The maximum Gasteiger partial charge on any atom is 0.0506 e. The highest BCUT2D eigenvalue weighted by atomic mass is 14.7. The fraction of sp³-hybridized carbons (Fsp3) is 0.300. The molecule has 0 aliphatic rings. The monoisotopic (exact) mass is 177 g/mol. The molecule has 0 bridgehead atoms. The van der Waals surface area contributed by atoms with Gasteiger partial charge in [0.05, 0.1) is 5.69 Å². The fourth-order valence-electron chi connectivity index (χ4n) is 0.986. The highest BCUT2D eigenvalue weighted by molar-refractivity contribution is 5.53. The Morgan fingerprint density at radius 3 is 2.92 bits per heavy atom. The molecule has 1 atom stereocenters. The molecule has 0 aromatic carbocycles. The third kappa shape index (κ3) is 3.71. The Bertz CT molecular complexity index is 292. The first-order chi connectivity index (χ1) is 6.18. The highest BCUT2D eigenvalue weighted by Crippen LogP contribution is 2.06. The lowest BCUT2D eigenvalue weighted by atomic mass is 10.2. The van der Waals surface area contributed by atoms with E-state index >= 15 is 0 Å². The van der Waals surface area contributed by atoms with E-state index in [0.717, 1.165) is 12.0 Å². The number of pyridine rings is 1. The quantitative estimate of drug-likeness (QED) is 0.733. The summed E-state index contributed by atoms with van der Waals surface area (Å²) in [6, 6.07) is 2.08. The van der Waals surface area contributed by atoms with Crippen molar-refractivity contribution in [2.24, 2.45) is 5.73 Å². The minimum Gasteiger partial charge on any atom is -0.397 e. The van der Waals surface area contributed by atoms with Gasteiger partial charge in [-0.2, -0.15) is 0 Å². The zero-order chi connectivity index (χ0) is 9.68. The van der Waals surface area contributed by atoms with E-state index in [1.807, 2.05) is 25.1 Å². The Balaban J connectivity index is 2.58. The molecule has 1 aromatic rings. The van der Waals surface area contributed by atoms with Gasteiger partial charge in [0.1, 0.15) is 0 Å². The van der Waals surface area contributed by atoms with E-state index in [1.165, 1.54) is 0 Å². The van der Waals surface area contributed by atoms with Crippen molar-refractivity contribution in [3.8, 4) is 0 Å². The van der Waals surface area contributed by atoms with Crippen LogP contribution in [0.5, 0.6) is 0 Å². The summed E-state index contributed by atoms with van der Waals surface area (Å²) in [7, 11) is 0. The zero-order valence-corrected chi connectivity index (χ0v) is 7.77. The normalized spacial score (nSPS) is 13.4. The molecule has 4 N–H and O–H groups in total. The van der Waals surface area contributed by atoms with Gasteiger partial charge in [-0.25, -0.2) is 0 Å². The topological polar surface area (TPSA) is 64.9 Å². The molecule has 0 fully saturated rings. The summed E-state index contributed by atoms with van der Waals surface area (Å²) in [6.07, 6.45) is 8.28. The summed E-state index contributed by atoms with van der Waals surface area (Å²) in [5.41, 5.74) is 12.9. The summed E-state index contributed by atoms with van der Waals surface area (Å²) >= 11 is 0. The second-order valence-electron chi connectivity index (χ2n) is 3.17. The van der Waals surface area contributed by atoms with Crippen molar-refractivity contribution in [1.29, 1.82) is 0 Å². The first kappa shape index (κ1) is 9.74. The predicted molar refractivity (Wildman–Crippen MR) is 55.9 cm³/mol. The van der Waals surface area contributed by atoms with Gasteiger partial charge in [0.2, 0.25) is 0 Å². The lowest BCUT2D eigenvalue weighted by Crippen LogP contribution is -2.12. The molecule has 70 valence electrons. The Kier molecular flexibility index (Phi) is 3.46. The van der Waals surface area contributed by atoms with E-state index in [1.54, 1.807) is 12.4 Å². The molecular formula is C10H15N3. The van der Waals surface area contributed by atoms with Gasteiger partial charge in [-0.15, -0.1) is 0 Å².